The number of rotatable bonds is 6. The third-order valence-corrected chi connectivity index (χ3v) is 2.26. The van der Waals surface area contributed by atoms with E-state index in [1.807, 2.05) is 11.7 Å². The first-order valence-corrected chi connectivity index (χ1v) is 5.34. The Balaban J connectivity index is 2.24. The molecule has 0 bridgehead atoms. The Labute approximate surface area is 91.5 Å². The Hall–Kier alpha value is -0.940. The molecule has 0 amide bonds. The van der Waals surface area contributed by atoms with Crippen molar-refractivity contribution in [2.45, 2.75) is 26.4 Å². The molecule has 1 N–H and O–H groups in total. The first-order chi connectivity index (χ1) is 7.09. The summed E-state index contributed by atoms with van der Waals surface area (Å²) in [6, 6.07) is 0.549. The summed E-state index contributed by atoms with van der Waals surface area (Å²) in [5, 5.41) is 7.43. The standard InChI is InChI=1S/C10H21N5/c1-9(2)11-5-6-14(3)7-10-12-8-13-15(10)4/h8-9,11H,5-7H2,1-4H3. The zero-order valence-corrected chi connectivity index (χ0v) is 10.1. The molecule has 0 aliphatic heterocycles. The third-order valence-electron chi connectivity index (χ3n) is 2.26. The Morgan fingerprint density at radius 1 is 1.53 bits per heavy atom. The fourth-order valence-electron chi connectivity index (χ4n) is 1.33. The molecule has 5 heteroatoms. The highest BCUT2D eigenvalue weighted by molar-refractivity contribution is 4.82. The van der Waals surface area contributed by atoms with Gasteiger partial charge in [0.1, 0.15) is 12.2 Å². The van der Waals surface area contributed by atoms with Crippen molar-refractivity contribution in [1.29, 1.82) is 0 Å². The van der Waals surface area contributed by atoms with Crippen molar-refractivity contribution in [2.75, 3.05) is 20.1 Å². The SMILES string of the molecule is CC(C)NCCN(C)Cc1ncnn1C. The van der Waals surface area contributed by atoms with Crippen LogP contribution in [-0.4, -0.2) is 45.8 Å². The Morgan fingerprint density at radius 2 is 2.27 bits per heavy atom. The lowest BCUT2D eigenvalue weighted by Gasteiger charge is -2.17. The largest absolute Gasteiger partial charge is 0.313 e. The average molecular weight is 211 g/mol. The van der Waals surface area contributed by atoms with Gasteiger partial charge >= 0.3 is 0 Å². The maximum absolute atomic E-state index is 4.19. The van der Waals surface area contributed by atoms with Crippen LogP contribution in [0.1, 0.15) is 19.7 Å². The molecule has 0 atom stereocenters. The van der Waals surface area contributed by atoms with E-state index >= 15 is 0 Å². The van der Waals surface area contributed by atoms with E-state index in [-0.39, 0.29) is 0 Å². The number of hydrogen-bond donors (Lipinski definition) is 1. The zero-order chi connectivity index (χ0) is 11.3. The van der Waals surface area contributed by atoms with Crippen LogP contribution in [0, 0.1) is 0 Å². The quantitative estimate of drug-likeness (QED) is 0.732. The minimum Gasteiger partial charge on any atom is -0.313 e. The van der Waals surface area contributed by atoms with Gasteiger partial charge in [-0.2, -0.15) is 5.10 Å². The topological polar surface area (TPSA) is 46.0 Å². The number of aromatic nitrogens is 3. The molecule has 15 heavy (non-hydrogen) atoms. The molecule has 1 aromatic heterocycles. The lowest BCUT2D eigenvalue weighted by Crippen LogP contribution is -2.33. The van der Waals surface area contributed by atoms with Crippen LogP contribution in [0.25, 0.3) is 0 Å². The van der Waals surface area contributed by atoms with E-state index < -0.39 is 0 Å². The van der Waals surface area contributed by atoms with Crippen LogP contribution in [0.3, 0.4) is 0 Å². The number of nitrogens with zero attached hydrogens (tertiary/aromatic N) is 4. The fraction of sp³-hybridized carbons (Fsp3) is 0.800. The number of aryl methyl sites for hydroxylation is 1. The first-order valence-electron chi connectivity index (χ1n) is 5.34. The lowest BCUT2D eigenvalue weighted by molar-refractivity contribution is 0.307. The second-order valence-corrected chi connectivity index (χ2v) is 4.15. The van der Waals surface area contributed by atoms with E-state index in [0.717, 1.165) is 25.5 Å². The van der Waals surface area contributed by atoms with Crippen molar-refractivity contribution in [2.24, 2.45) is 7.05 Å². The van der Waals surface area contributed by atoms with Crippen LogP contribution in [0.2, 0.25) is 0 Å². The molecule has 0 saturated carbocycles. The molecule has 5 nitrogen and oxygen atoms in total. The summed E-state index contributed by atoms with van der Waals surface area (Å²) in [5.74, 6) is 1.00. The highest BCUT2D eigenvalue weighted by atomic mass is 15.3. The monoisotopic (exact) mass is 211 g/mol. The predicted octanol–water partition coefficient (Wildman–Crippen LogP) is 0.245. The minimum atomic E-state index is 0.549. The van der Waals surface area contributed by atoms with E-state index in [0.29, 0.717) is 6.04 Å². The Kier molecular flexibility index (Phi) is 4.71. The summed E-state index contributed by atoms with van der Waals surface area (Å²) in [4.78, 5) is 6.42. The van der Waals surface area contributed by atoms with Crippen LogP contribution in [0.4, 0.5) is 0 Å². The van der Waals surface area contributed by atoms with Crippen molar-refractivity contribution in [3.63, 3.8) is 0 Å². The van der Waals surface area contributed by atoms with Gasteiger partial charge in [0.25, 0.3) is 0 Å². The maximum atomic E-state index is 4.19. The van der Waals surface area contributed by atoms with E-state index in [1.165, 1.54) is 0 Å². The van der Waals surface area contributed by atoms with Crippen LogP contribution < -0.4 is 5.32 Å². The van der Waals surface area contributed by atoms with Gasteiger partial charge in [-0.1, -0.05) is 13.8 Å². The molecule has 0 saturated heterocycles. The molecule has 0 spiro atoms. The van der Waals surface area contributed by atoms with Crippen molar-refractivity contribution in [1.82, 2.24) is 25.0 Å². The summed E-state index contributed by atoms with van der Waals surface area (Å²) in [6.45, 7) is 7.18. The average Bonchev–Trinajstić information content (AvgIpc) is 2.51. The Morgan fingerprint density at radius 3 is 2.80 bits per heavy atom. The lowest BCUT2D eigenvalue weighted by atomic mass is 10.4. The maximum Gasteiger partial charge on any atom is 0.140 e. The fourth-order valence-corrected chi connectivity index (χ4v) is 1.33. The number of nitrogens with one attached hydrogen (secondary N) is 1. The highest BCUT2D eigenvalue weighted by Gasteiger charge is 2.04. The van der Waals surface area contributed by atoms with Gasteiger partial charge in [0.2, 0.25) is 0 Å². The van der Waals surface area contributed by atoms with E-state index in [4.69, 9.17) is 0 Å². The van der Waals surface area contributed by atoms with Gasteiger partial charge in [-0.05, 0) is 7.05 Å². The molecule has 0 unspecified atom stereocenters. The number of likely N-dealkylation sites (N-methyl/N-ethyl adjacent to an activating group) is 1. The van der Waals surface area contributed by atoms with Crippen LogP contribution in [-0.2, 0) is 13.6 Å². The third kappa shape index (κ3) is 4.40. The van der Waals surface area contributed by atoms with Crippen LogP contribution in [0.15, 0.2) is 6.33 Å². The van der Waals surface area contributed by atoms with E-state index in [1.54, 1.807) is 6.33 Å². The molecule has 1 aromatic rings. The normalized spacial score (nSPS) is 11.6. The molecular weight excluding hydrogens is 190 g/mol. The van der Waals surface area contributed by atoms with Gasteiger partial charge in [-0.3, -0.25) is 9.58 Å². The zero-order valence-electron chi connectivity index (χ0n) is 10.1. The Bertz CT molecular complexity index is 281. The molecule has 0 aliphatic carbocycles. The van der Waals surface area contributed by atoms with E-state index in [9.17, 15) is 0 Å². The summed E-state index contributed by atoms with van der Waals surface area (Å²) in [7, 11) is 4.01. The molecule has 1 rings (SSSR count). The van der Waals surface area contributed by atoms with Crippen LogP contribution >= 0.6 is 0 Å². The van der Waals surface area contributed by atoms with Crippen molar-refractivity contribution >= 4 is 0 Å². The second-order valence-electron chi connectivity index (χ2n) is 4.15. The predicted molar refractivity (Wildman–Crippen MR) is 60.5 cm³/mol. The molecule has 0 radical (unpaired) electrons. The van der Waals surface area contributed by atoms with Crippen LogP contribution in [0.5, 0.6) is 0 Å². The molecule has 0 fully saturated rings. The van der Waals surface area contributed by atoms with Gasteiger partial charge < -0.3 is 5.32 Å². The van der Waals surface area contributed by atoms with Crippen molar-refractivity contribution in [3.8, 4) is 0 Å². The van der Waals surface area contributed by atoms with Gasteiger partial charge in [0.05, 0.1) is 6.54 Å². The smallest absolute Gasteiger partial charge is 0.140 e. The minimum absolute atomic E-state index is 0.549. The van der Waals surface area contributed by atoms with Gasteiger partial charge in [-0.25, -0.2) is 4.98 Å². The summed E-state index contributed by atoms with van der Waals surface area (Å²) in [5.41, 5.74) is 0. The van der Waals surface area contributed by atoms with Gasteiger partial charge in [-0.15, -0.1) is 0 Å². The molecule has 0 aromatic carbocycles. The second kappa shape index (κ2) is 5.82. The molecule has 1 heterocycles. The van der Waals surface area contributed by atoms with Crippen molar-refractivity contribution < 1.29 is 0 Å². The van der Waals surface area contributed by atoms with Crippen molar-refractivity contribution in [3.05, 3.63) is 12.2 Å². The number of hydrogen-bond acceptors (Lipinski definition) is 4. The summed E-state index contributed by atoms with van der Waals surface area (Å²) in [6.07, 6.45) is 1.59. The highest BCUT2D eigenvalue weighted by Crippen LogP contribution is 1.95. The first kappa shape index (κ1) is 12.1. The van der Waals surface area contributed by atoms with E-state index in [2.05, 4.69) is 41.2 Å². The molecule has 0 aliphatic rings. The summed E-state index contributed by atoms with van der Waals surface area (Å²) >= 11 is 0. The molecule has 86 valence electrons. The molecular formula is C10H21N5. The summed E-state index contributed by atoms with van der Waals surface area (Å²) < 4.78 is 1.81. The van der Waals surface area contributed by atoms with Gasteiger partial charge in [0.15, 0.2) is 0 Å². The van der Waals surface area contributed by atoms with Gasteiger partial charge in [0, 0.05) is 26.2 Å².